The van der Waals surface area contributed by atoms with Crippen molar-refractivity contribution in [3.8, 4) is 11.5 Å². The lowest BCUT2D eigenvalue weighted by atomic mass is 9.71. The Hall–Kier alpha value is -1.80. The summed E-state index contributed by atoms with van der Waals surface area (Å²) in [5.74, 6) is 0.935. The molecule has 158 valence electrons. The van der Waals surface area contributed by atoms with Gasteiger partial charge in [0.15, 0.2) is 0 Å². The van der Waals surface area contributed by atoms with E-state index in [-0.39, 0.29) is 29.7 Å². The number of hydrogen-bond acceptors (Lipinski definition) is 5. The number of benzene rings is 1. The quantitative estimate of drug-likeness (QED) is 0.684. The number of methoxy groups -OCH3 is 2. The van der Waals surface area contributed by atoms with Crippen LogP contribution in [-0.4, -0.2) is 46.9 Å². The summed E-state index contributed by atoms with van der Waals surface area (Å²) >= 11 is 0. The molecule has 0 bridgehead atoms. The molecule has 1 aliphatic carbocycles. The number of amides is 1. The molecule has 1 aromatic rings. The minimum absolute atomic E-state index is 0.0271. The van der Waals surface area contributed by atoms with Gasteiger partial charge in [-0.1, -0.05) is 20.8 Å². The van der Waals surface area contributed by atoms with E-state index in [0.717, 1.165) is 19.3 Å². The van der Waals surface area contributed by atoms with Crippen LogP contribution >= 0.6 is 0 Å². The van der Waals surface area contributed by atoms with Crippen molar-refractivity contribution in [1.29, 1.82) is 0 Å². The molecule has 2 atom stereocenters. The van der Waals surface area contributed by atoms with Crippen molar-refractivity contribution in [1.82, 2.24) is 10.0 Å². The summed E-state index contributed by atoms with van der Waals surface area (Å²) in [6.45, 7) is 6.53. The molecule has 28 heavy (non-hydrogen) atoms. The molecule has 0 radical (unpaired) electrons. The van der Waals surface area contributed by atoms with Gasteiger partial charge in [0.05, 0.1) is 20.0 Å². The summed E-state index contributed by atoms with van der Waals surface area (Å²) in [7, 11) is -0.468. The van der Waals surface area contributed by atoms with Crippen molar-refractivity contribution in [3.05, 3.63) is 23.8 Å². The lowest BCUT2D eigenvalue weighted by Gasteiger charge is -2.39. The standard InChI is InChI=1S/C20H32N2O5S/c1-14-8-16(13-20(2,3)12-14)22-28(24,25)7-6-21-19(23)15-9-17(26-4)11-18(10-15)27-5/h9-11,14,16,22H,6-8,12-13H2,1-5H3,(H,21,23)/t14-,16+/m1/s1. The molecule has 2 N–H and O–H groups in total. The van der Waals surface area contributed by atoms with E-state index in [4.69, 9.17) is 9.47 Å². The Morgan fingerprint density at radius 1 is 1.14 bits per heavy atom. The number of nitrogens with one attached hydrogen (secondary N) is 2. The van der Waals surface area contributed by atoms with E-state index >= 15 is 0 Å². The monoisotopic (exact) mass is 412 g/mol. The molecule has 0 aliphatic heterocycles. The van der Waals surface area contributed by atoms with Crippen molar-refractivity contribution in [3.63, 3.8) is 0 Å². The first-order valence-electron chi connectivity index (χ1n) is 9.55. The minimum atomic E-state index is -3.47. The van der Waals surface area contributed by atoms with E-state index in [1.54, 1.807) is 18.2 Å². The first-order valence-corrected chi connectivity index (χ1v) is 11.2. The average Bonchev–Trinajstić information content (AvgIpc) is 2.58. The van der Waals surface area contributed by atoms with Crippen molar-refractivity contribution in [2.45, 2.75) is 46.1 Å². The van der Waals surface area contributed by atoms with Crippen LogP contribution in [-0.2, 0) is 10.0 Å². The maximum absolute atomic E-state index is 12.4. The van der Waals surface area contributed by atoms with Gasteiger partial charge in [0.1, 0.15) is 11.5 Å². The molecular weight excluding hydrogens is 380 g/mol. The zero-order valence-corrected chi connectivity index (χ0v) is 18.2. The van der Waals surface area contributed by atoms with Gasteiger partial charge in [0.2, 0.25) is 10.0 Å². The lowest BCUT2D eigenvalue weighted by molar-refractivity contribution is 0.0955. The number of carbonyl (C=O) groups is 1. The third-order valence-corrected chi connectivity index (χ3v) is 6.44. The Morgan fingerprint density at radius 2 is 1.75 bits per heavy atom. The predicted molar refractivity (Wildman–Crippen MR) is 109 cm³/mol. The van der Waals surface area contributed by atoms with Crippen LogP contribution in [0.2, 0.25) is 0 Å². The fourth-order valence-electron chi connectivity index (χ4n) is 4.09. The number of hydrogen-bond donors (Lipinski definition) is 2. The maximum Gasteiger partial charge on any atom is 0.251 e. The van der Waals surface area contributed by atoms with Crippen molar-refractivity contribution in [2.24, 2.45) is 11.3 Å². The maximum atomic E-state index is 12.4. The first-order chi connectivity index (χ1) is 13.0. The van der Waals surface area contributed by atoms with Crippen molar-refractivity contribution < 1.29 is 22.7 Å². The van der Waals surface area contributed by atoms with Crippen LogP contribution in [0.5, 0.6) is 11.5 Å². The topological polar surface area (TPSA) is 93.7 Å². The summed E-state index contributed by atoms with van der Waals surface area (Å²) in [6, 6.07) is 4.77. The molecule has 0 unspecified atom stereocenters. The third-order valence-electron chi connectivity index (χ3n) is 5.00. The Balaban J connectivity index is 1.90. The molecule has 0 spiro atoms. The summed E-state index contributed by atoms with van der Waals surface area (Å²) < 4.78 is 38.0. The molecule has 1 amide bonds. The molecule has 0 aromatic heterocycles. The highest BCUT2D eigenvalue weighted by Gasteiger charge is 2.33. The number of sulfonamides is 1. The Morgan fingerprint density at radius 3 is 2.29 bits per heavy atom. The van der Waals surface area contributed by atoms with Gasteiger partial charge in [0.25, 0.3) is 5.91 Å². The van der Waals surface area contributed by atoms with Gasteiger partial charge in [-0.05, 0) is 42.7 Å². The zero-order chi connectivity index (χ0) is 20.9. The molecule has 1 aromatic carbocycles. The first kappa shape index (κ1) is 22.5. The Bertz CT molecular complexity index is 770. The lowest BCUT2D eigenvalue weighted by Crippen LogP contribution is -2.45. The van der Waals surface area contributed by atoms with E-state index in [2.05, 4.69) is 30.8 Å². The van der Waals surface area contributed by atoms with Crippen LogP contribution < -0.4 is 19.5 Å². The molecule has 0 heterocycles. The second-order valence-electron chi connectivity index (χ2n) is 8.40. The van der Waals surface area contributed by atoms with Gasteiger partial charge < -0.3 is 14.8 Å². The van der Waals surface area contributed by atoms with Crippen LogP contribution in [0, 0.1) is 11.3 Å². The van der Waals surface area contributed by atoms with Crippen LogP contribution in [0.4, 0.5) is 0 Å². The predicted octanol–water partition coefficient (Wildman–Crippen LogP) is 2.57. The SMILES string of the molecule is COc1cc(OC)cc(C(=O)NCCS(=O)(=O)N[C@H]2C[C@@H](C)CC(C)(C)C2)c1. The molecular formula is C20H32N2O5S. The van der Waals surface area contributed by atoms with Gasteiger partial charge in [-0.15, -0.1) is 0 Å². The third kappa shape index (κ3) is 6.67. The second kappa shape index (κ2) is 9.13. The van der Waals surface area contributed by atoms with Gasteiger partial charge >= 0.3 is 0 Å². The Labute approximate surface area is 168 Å². The van der Waals surface area contributed by atoms with Crippen molar-refractivity contribution >= 4 is 15.9 Å². The van der Waals surface area contributed by atoms with E-state index in [0.29, 0.717) is 23.0 Å². The normalized spacial score (nSPS) is 21.8. The second-order valence-corrected chi connectivity index (χ2v) is 10.3. The van der Waals surface area contributed by atoms with Gasteiger partial charge in [-0.2, -0.15) is 0 Å². The van der Waals surface area contributed by atoms with E-state index in [9.17, 15) is 13.2 Å². The summed E-state index contributed by atoms with van der Waals surface area (Å²) in [5.41, 5.74) is 0.481. The summed E-state index contributed by atoms with van der Waals surface area (Å²) in [6.07, 6.45) is 2.77. The van der Waals surface area contributed by atoms with Crippen LogP contribution in [0.3, 0.4) is 0 Å². The zero-order valence-electron chi connectivity index (χ0n) is 17.4. The fraction of sp³-hybridized carbons (Fsp3) is 0.650. The molecule has 1 saturated carbocycles. The smallest absolute Gasteiger partial charge is 0.251 e. The van der Waals surface area contributed by atoms with Gasteiger partial charge in [-0.25, -0.2) is 13.1 Å². The molecule has 1 aliphatic rings. The number of ether oxygens (including phenoxy) is 2. The van der Waals surface area contributed by atoms with Crippen LogP contribution in [0.15, 0.2) is 18.2 Å². The fourth-order valence-corrected chi connectivity index (χ4v) is 5.26. The van der Waals surface area contributed by atoms with Crippen molar-refractivity contribution in [2.75, 3.05) is 26.5 Å². The average molecular weight is 413 g/mol. The molecule has 0 saturated heterocycles. The highest BCUT2D eigenvalue weighted by Crippen LogP contribution is 2.38. The highest BCUT2D eigenvalue weighted by molar-refractivity contribution is 7.89. The summed E-state index contributed by atoms with van der Waals surface area (Å²) in [4.78, 5) is 12.3. The van der Waals surface area contributed by atoms with Gasteiger partial charge in [0, 0.05) is 24.2 Å². The minimum Gasteiger partial charge on any atom is -0.497 e. The molecule has 8 heteroatoms. The molecule has 1 fully saturated rings. The molecule has 2 rings (SSSR count). The summed E-state index contributed by atoms with van der Waals surface area (Å²) in [5, 5.41) is 2.65. The van der Waals surface area contributed by atoms with E-state index in [1.165, 1.54) is 14.2 Å². The highest BCUT2D eigenvalue weighted by atomic mass is 32.2. The Kier molecular flexibility index (Phi) is 7.33. The van der Waals surface area contributed by atoms with Crippen LogP contribution in [0.1, 0.15) is 50.4 Å². The number of carbonyl (C=O) groups excluding carboxylic acids is 1. The van der Waals surface area contributed by atoms with Gasteiger partial charge in [-0.3, -0.25) is 4.79 Å². The van der Waals surface area contributed by atoms with Crippen LogP contribution in [0.25, 0.3) is 0 Å². The van der Waals surface area contributed by atoms with E-state index < -0.39 is 10.0 Å². The largest absolute Gasteiger partial charge is 0.497 e. The molecule has 7 nitrogen and oxygen atoms in total. The number of rotatable bonds is 8. The van der Waals surface area contributed by atoms with E-state index in [1.807, 2.05) is 0 Å².